The summed E-state index contributed by atoms with van der Waals surface area (Å²) in [5, 5.41) is 17.1. The smallest absolute Gasteiger partial charge is 0.283 e. The molecule has 2 fully saturated rings. The minimum absolute atomic E-state index is 0. The van der Waals surface area contributed by atoms with Gasteiger partial charge in [-0.05, 0) is 44.2 Å². The van der Waals surface area contributed by atoms with Crippen LogP contribution in [-0.2, 0) is 4.79 Å². The standard InChI is InChI=1S/C18H23ClN4O4.ClH/c19-14-2-1-3-15(23(26)27)17(14)18(25)21-11-16(24)22-8-6-13(7-9-22)20-10-12-4-5-12;/h1-3,12-13,20H,4-11H2,(H,21,25);1H. The molecule has 3 rings (SSSR count). The molecule has 0 radical (unpaired) electrons. The van der Waals surface area contributed by atoms with Crippen LogP contribution in [0.5, 0.6) is 0 Å². The SMILES string of the molecule is Cl.O=C(NCC(=O)N1CCC(NCC2CC2)CC1)c1c(Cl)cccc1[N+](=O)[O-]. The maximum absolute atomic E-state index is 12.3. The molecule has 1 heterocycles. The summed E-state index contributed by atoms with van der Waals surface area (Å²) in [5.74, 6) is -0.0888. The van der Waals surface area contributed by atoms with Crippen molar-refractivity contribution in [2.24, 2.45) is 5.92 Å². The van der Waals surface area contributed by atoms with Crippen molar-refractivity contribution < 1.29 is 14.5 Å². The highest BCUT2D eigenvalue weighted by Crippen LogP contribution is 2.28. The van der Waals surface area contributed by atoms with Gasteiger partial charge in [0.2, 0.25) is 5.91 Å². The number of benzene rings is 1. The van der Waals surface area contributed by atoms with Gasteiger partial charge < -0.3 is 15.5 Å². The van der Waals surface area contributed by atoms with E-state index >= 15 is 0 Å². The van der Waals surface area contributed by atoms with E-state index in [-0.39, 0.29) is 41.1 Å². The Morgan fingerprint density at radius 1 is 1.21 bits per heavy atom. The van der Waals surface area contributed by atoms with Crippen molar-refractivity contribution in [1.29, 1.82) is 0 Å². The van der Waals surface area contributed by atoms with Gasteiger partial charge >= 0.3 is 0 Å². The van der Waals surface area contributed by atoms with Gasteiger partial charge in [-0.1, -0.05) is 17.7 Å². The van der Waals surface area contributed by atoms with Crippen LogP contribution < -0.4 is 10.6 Å². The zero-order chi connectivity index (χ0) is 19.4. The molecule has 1 saturated carbocycles. The summed E-state index contributed by atoms with van der Waals surface area (Å²) >= 11 is 5.94. The zero-order valence-electron chi connectivity index (χ0n) is 15.4. The van der Waals surface area contributed by atoms with Crippen LogP contribution in [0.4, 0.5) is 5.69 Å². The summed E-state index contributed by atoms with van der Waals surface area (Å²) in [6.07, 6.45) is 4.41. The predicted octanol–water partition coefficient (Wildman–Crippen LogP) is 2.39. The minimum atomic E-state index is -0.721. The number of piperidine rings is 1. The molecule has 1 aromatic carbocycles. The third-order valence-corrected chi connectivity index (χ3v) is 5.37. The fourth-order valence-corrected chi connectivity index (χ4v) is 3.49. The predicted molar refractivity (Wildman–Crippen MR) is 108 cm³/mol. The molecule has 0 bridgehead atoms. The summed E-state index contributed by atoms with van der Waals surface area (Å²) in [6, 6.07) is 4.46. The molecule has 10 heteroatoms. The van der Waals surface area contributed by atoms with E-state index in [4.69, 9.17) is 11.6 Å². The third-order valence-electron chi connectivity index (χ3n) is 5.06. The monoisotopic (exact) mass is 430 g/mol. The van der Waals surface area contributed by atoms with E-state index in [1.54, 1.807) is 4.90 Å². The first-order valence-corrected chi connectivity index (χ1v) is 9.55. The van der Waals surface area contributed by atoms with Gasteiger partial charge in [-0.2, -0.15) is 0 Å². The molecule has 28 heavy (non-hydrogen) atoms. The van der Waals surface area contributed by atoms with Gasteiger partial charge in [0.1, 0.15) is 5.56 Å². The topological polar surface area (TPSA) is 105 Å². The van der Waals surface area contributed by atoms with Crippen LogP contribution in [0.1, 0.15) is 36.0 Å². The second-order valence-corrected chi connectivity index (χ2v) is 7.49. The number of nitrogens with zero attached hydrogens (tertiary/aromatic N) is 2. The molecule has 0 aromatic heterocycles. The summed E-state index contributed by atoms with van der Waals surface area (Å²) in [5.41, 5.74) is -0.602. The lowest BCUT2D eigenvalue weighted by atomic mass is 10.0. The Morgan fingerprint density at radius 3 is 2.50 bits per heavy atom. The van der Waals surface area contributed by atoms with E-state index in [0.717, 1.165) is 25.3 Å². The van der Waals surface area contributed by atoms with Crippen LogP contribution in [0.2, 0.25) is 5.02 Å². The lowest BCUT2D eigenvalue weighted by Crippen LogP contribution is -2.48. The van der Waals surface area contributed by atoms with Crippen molar-refractivity contribution in [3.8, 4) is 0 Å². The molecule has 8 nitrogen and oxygen atoms in total. The molecule has 0 spiro atoms. The van der Waals surface area contributed by atoms with Crippen molar-refractivity contribution in [2.45, 2.75) is 31.7 Å². The van der Waals surface area contributed by atoms with Gasteiger partial charge in [-0.15, -0.1) is 12.4 Å². The Balaban J connectivity index is 0.00000280. The molecule has 0 unspecified atom stereocenters. The lowest BCUT2D eigenvalue weighted by molar-refractivity contribution is -0.385. The van der Waals surface area contributed by atoms with E-state index < -0.39 is 10.8 Å². The summed E-state index contributed by atoms with van der Waals surface area (Å²) in [4.78, 5) is 36.8. The van der Waals surface area contributed by atoms with Gasteiger partial charge in [0.05, 0.1) is 16.5 Å². The van der Waals surface area contributed by atoms with Gasteiger partial charge in [-0.3, -0.25) is 19.7 Å². The number of nitro groups is 1. The molecule has 1 aliphatic carbocycles. The Bertz CT molecular complexity index is 734. The van der Waals surface area contributed by atoms with Crippen LogP contribution >= 0.6 is 24.0 Å². The lowest BCUT2D eigenvalue weighted by Gasteiger charge is -2.32. The molecule has 0 atom stereocenters. The number of carbonyl (C=O) groups excluding carboxylic acids is 2. The summed E-state index contributed by atoms with van der Waals surface area (Å²) < 4.78 is 0. The average Bonchev–Trinajstić information content (AvgIpc) is 3.48. The number of halogens is 2. The first-order chi connectivity index (χ1) is 13.0. The van der Waals surface area contributed by atoms with Crippen LogP contribution in [0.3, 0.4) is 0 Å². The van der Waals surface area contributed by atoms with Gasteiger partial charge in [0.25, 0.3) is 11.6 Å². The Labute approximate surface area is 174 Å². The maximum Gasteiger partial charge on any atom is 0.283 e. The van der Waals surface area contributed by atoms with Crippen LogP contribution in [-0.4, -0.2) is 53.9 Å². The number of hydrogen-bond acceptors (Lipinski definition) is 5. The highest BCUT2D eigenvalue weighted by molar-refractivity contribution is 6.34. The third kappa shape index (κ3) is 5.80. The van der Waals surface area contributed by atoms with Crippen molar-refractivity contribution in [3.05, 3.63) is 38.9 Å². The van der Waals surface area contributed by atoms with E-state index in [1.165, 1.54) is 31.0 Å². The van der Waals surface area contributed by atoms with Gasteiger partial charge in [0.15, 0.2) is 0 Å². The summed E-state index contributed by atoms with van der Waals surface area (Å²) in [7, 11) is 0. The first kappa shape index (κ1) is 22.4. The van der Waals surface area contributed by atoms with Crippen LogP contribution in [0.25, 0.3) is 0 Å². The molecule has 1 aromatic rings. The maximum atomic E-state index is 12.3. The normalized spacial score (nSPS) is 17.0. The minimum Gasteiger partial charge on any atom is -0.343 e. The number of nitrogens with one attached hydrogen (secondary N) is 2. The zero-order valence-corrected chi connectivity index (χ0v) is 16.9. The summed E-state index contributed by atoms with van der Waals surface area (Å²) in [6.45, 7) is 2.14. The van der Waals surface area contributed by atoms with Crippen molar-refractivity contribution in [2.75, 3.05) is 26.2 Å². The first-order valence-electron chi connectivity index (χ1n) is 9.18. The number of rotatable bonds is 7. The highest BCUT2D eigenvalue weighted by Gasteiger charge is 2.27. The van der Waals surface area contributed by atoms with Crippen molar-refractivity contribution in [3.63, 3.8) is 0 Å². The van der Waals surface area contributed by atoms with E-state index in [1.807, 2.05) is 0 Å². The second kappa shape index (κ2) is 10.0. The molecule has 2 amide bonds. The largest absolute Gasteiger partial charge is 0.343 e. The number of likely N-dealkylation sites (tertiary alicyclic amines) is 1. The molecule has 2 aliphatic rings. The van der Waals surface area contributed by atoms with Crippen LogP contribution in [0.15, 0.2) is 18.2 Å². The molecule has 1 saturated heterocycles. The molecule has 1 aliphatic heterocycles. The van der Waals surface area contributed by atoms with Crippen molar-refractivity contribution >= 4 is 41.5 Å². The van der Waals surface area contributed by atoms with Crippen molar-refractivity contribution in [1.82, 2.24) is 15.5 Å². The molecular formula is C18H24Cl2N4O4. The quantitative estimate of drug-likeness (QED) is 0.510. The molecule has 154 valence electrons. The van der Waals surface area contributed by atoms with E-state index in [2.05, 4.69) is 10.6 Å². The number of carbonyl (C=O) groups is 2. The molecular weight excluding hydrogens is 407 g/mol. The van der Waals surface area contributed by atoms with Gasteiger partial charge in [-0.25, -0.2) is 0 Å². The Hall–Kier alpha value is -1.90. The fraction of sp³-hybridized carbons (Fsp3) is 0.556. The van der Waals surface area contributed by atoms with E-state index in [0.29, 0.717) is 19.1 Å². The number of hydrogen-bond donors (Lipinski definition) is 2. The number of nitro benzene ring substituents is 1. The Morgan fingerprint density at radius 2 is 1.89 bits per heavy atom. The fourth-order valence-electron chi connectivity index (χ4n) is 3.23. The highest BCUT2D eigenvalue weighted by atomic mass is 35.5. The Kier molecular flexibility index (Phi) is 8.03. The number of amides is 2. The molecule has 2 N–H and O–H groups in total. The van der Waals surface area contributed by atoms with Gasteiger partial charge in [0, 0.05) is 25.2 Å². The average molecular weight is 431 g/mol. The van der Waals surface area contributed by atoms with E-state index in [9.17, 15) is 19.7 Å². The second-order valence-electron chi connectivity index (χ2n) is 7.08. The van der Waals surface area contributed by atoms with Crippen LogP contribution in [0, 0.1) is 16.0 Å².